The zero-order valence-electron chi connectivity index (χ0n) is 12.7. The number of hydrogen-bond donors (Lipinski definition) is 1. The van der Waals surface area contributed by atoms with Crippen molar-refractivity contribution < 1.29 is 5.11 Å². The molecule has 0 bridgehead atoms. The van der Waals surface area contributed by atoms with Crippen LogP contribution in [0.1, 0.15) is 49.7 Å². The van der Waals surface area contributed by atoms with E-state index >= 15 is 0 Å². The molecule has 112 valence electrons. The predicted molar refractivity (Wildman–Crippen MR) is 84.2 cm³/mol. The molecule has 2 aromatic rings. The van der Waals surface area contributed by atoms with Crippen LogP contribution in [-0.2, 0) is 13.0 Å². The van der Waals surface area contributed by atoms with E-state index in [1.165, 1.54) is 12.0 Å². The zero-order valence-corrected chi connectivity index (χ0v) is 12.7. The van der Waals surface area contributed by atoms with Crippen molar-refractivity contribution in [3.63, 3.8) is 0 Å². The molecular weight excluding hydrogens is 260 g/mol. The van der Waals surface area contributed by atoms with Gasteiger partial charge < -0.3 is 5.11 Å². The van der Waals surface area contributed by atoms with Crippen molar-refractivity contribution in [2.24, 2.45) is 0 Å². The van der Waals surface area contributed by atoms with Crippen molar-refractivity contribution in [3.8, 4) is 0 Å². The number of aryl methyl sites for hydroxylation is 1. The van der Waals surface area contributed by atoms with E-state index in [9.17, 15) is 5.11 Å². The summed E-state index contributed by atoms with van der Waals surface area (Å²) in [5.41, 5.74) is 1.77. The van der Waals surface area contributed by atoms with Crippen LogP contribution in [0.4, 0.5) is 0 Å². The topological polar surface area (TPSA) is 38.0 Å². The van der Waals surface area contributed by atoms with Crippen molar-refractivity contribution in [2.45, 2.75) is 57.1 Å². The fourth-order valence-corrected chi connectivity index (χ4v) is 3.62. The van der Waals surface area contributed by atoms with Gasteiger partial charge in [0.2, 0.25) is 0 Å². The zero-order chi connectivity index (χ0) is 14.7. The summed E-state index contributed by atoms with van der Waals surface area (Å²) < 4.78 is 1.93. The first-order valence-corrected chi connectivity index (χ1v) is 8.00. The first-order chi connectivity index (χ1) is 10.2. The SMILES string of the molecule is CCn1cc(CC2(O)CCCCC2c2ccccc2)cn1. The molecule has 3 heteroatoms. The molecule has 0 amide bonds. The number of nitrogens with zero attached hydrogens (tertiary/aromatic N) is 2. The largest absolute Gasteiger partial charge is 0.389 e. The number of rotatable bonds is 4. The van der Waals surface area contributed by atoms with Gasteiger partial charge >= 0.3 is 0 Å². The van der Waals surface area contributed by atoms with Crippen molar-refractivity contribution >= 4 is 0 Å². The maximum absolute atomic E-state index is 11.3. The average molecular weight is 284 g/mol. The minimum atomic E-state index is -0.638. The van der Waals surface area contributed by atoms with Crippen LogP contribution in [0.3, 0.4) is 0 Å². The quantitative estimate of drug-likeness (QED) is 0.932. The van der Waals surface area contributed by atoms with E-state index in [-0.39, 0.29) is 5.92 Å². The Labute approximate surface area is 126 Å². The Morgan fingerprint density at radius 1 is 1.29 bits per heavy atom. The summed E-state index contributed by atoms with van der Waals surface area (Å²) in [6.45, 7) is 2.96. The molecule has 1 N–H and O–H groups in total. The molecule has 1 aromatic heterocycles. The highest BCUT2D eigenvalue weighted by Gasteiger charge is 2.39. The molecule has 1 aromatic carbocycles. The highest BCUT2D eigenvalue weighted by Crippen LogP contribution is 2.42. The number of hydrogen-bond acceptors (Lipinski definition) is 2. The summed E-state index contributed by atoms with van der Waals surface area (Å²) in [4.78, 5) is 0. The Morgan fingerprint density at radius 2 is 2.10 bits per heavy atom. The van der Waals surface area contributed by atoms with Gasteiger partial charge in [0.1, 0.15) is 0 Å². The molecule has 1 aliphatic rings. The van der Waals surface area contributed by atoms with Gasteiger partial charge in [-0.05, 0) is 30.9 Å². The van der Waals surface area contributed by atoms with Gasteiger partial charge in [-0.1, -0.05) is 43.2 Å². The van der Waals surface area contributed by atoms with Crippen LogP contribution >= 0.6 is 0 Å². The molecule has 1 saturated carbocycles. The van der Waals surface area contributed by atoms with Gasteiger partial charge in [-0.15, -0.1) is 0 Å². The van der Waals surface area contributed by atoms with Crippen LogP contribution in [0, 0.1) is 0 Å². The second-order valence-corrected chi connectivity index (χ2v) is 6.19. The second-order valence-electron chi connectivity index (χ2n) is 6.19. The van der Waals surface area contributed by atoms with Gasteiger partial charge in [0.25, 0.3) is 0 Å². The highest BCUT2D eigenvalue weighted by atomic mass is 16.3. The Balaban J connectivity index is 1.85. The summed E-state index contributed by atoms with van der Waals surface area (Å²) in [6.07, 6.45) is 8.93. The molecule has 0 aliphatic heterocycles. The van der Waals surface area contributed by atoms with Gasteiger partial charge in [0, 0.05) is 25.1 Å². The Morgan fingerprint density at radius 3 is 2.81 bits per heavy atom. The second kappa shape index (κ2) is 6.02. The monoisotopic (exact) mass is 284 g/mol. The van der Waals surface area contributed by atoms with Crippen molar-refractivity contribution in [1.29, 1.82) is 0 Å². The van der Waals surface area contributed by atoms with E-state index in [2.05, 4.69) is 42.5 Å². The van der Waals surface area contributed by atoms with Crippen LogP contribution < -0.4 is 0 Å². The van der Waals surface area contributed by atoms with Crippen LogP contribution in [0.2, 0.25) is 0 Å². The molecule has 2 unspecified atom stereocenters. The maximum Gasteiger partial charge on any atom is 0.0757 e. The molecule has 21 heavy (non-hydrogen) atoms. The first kappa shape index (κ1) is 14.3. The van der Waals surface area contributed by atoms with Crippen LogP contribution in [-0.4, -0.2) is 20.5 Å². The number of aromatic nitrogens is 2. The Kier molecular flexibility index (Phi) is 4.11. The van der Waals surface area contributed by atoms with Crippen LogP contribution in [0.5, 0.6) is 0 Å². The molecular formula is C18H24N2O. The van der Waals surface area contributed by atoms with E-state index in [0.717, 1.165) is 31.4 Å². The molecule has 1 fully saturated rings. The van der Waals surface area contributed by atoms with Gasteiger partial charge in [-0.3, -0.25) is 4.68 Å². The summed E-state index contributed by atoms with van der Waals surface area (Å²) in [6, 6.07) is 10.5. The minimum Gasteiger partial charge on any atom is -0.389 e. The third kappa shape index (κ3) is 3.03. The van der Waals surface area contributed by atoms with Crippen molar-refractivity contribution in [3.05, 3.63) is 53.9 Å². The molecule has 3 rings (SSSR count). The lowest BCUT2D eigenvalue weighted by Gasteiger charge is -2.40. The predicted octanol–water partition coefficient (Wildman–Crippen LogP) is 3.53. The lowest BCUT2D eigenvalue weighted by molar-refractivity contribution is -0.0167. The fraction of sp³-hybridized carbons (Fsp3) is 0.500. The maximum atomic E-state index is 11.3. The third-order valence-electron chi connectivity index (χ3n) is 4.72. The third-order valence-corrected chi connectivity index (χ3v) is 4.72. The van der Waals surface area contributed by atoms with Gasteiger partial charge in [0.15, 0.2) is 0 Å². The smallest absolute Gasteiger partial charge is 0.0757 e. The molecule has 0 saturated heterocycles. The van der Waals surface area contributed by atoms with Gasteiger partial charge in [0.05, 0.1) is 11.8 Å². The lowest BCUT2D eigenvalue weighted by Crippen LogP contribution is -2.41. The molecule has 1 aliphatic carbocycles. The van der Waals surface area contributed by atoms with E-state index in [1.807, 2.05) is 16.9 Å². The van der Waals surface area contributed by atoms with Crippen molar-refractivity contribution in [2.75, 3.05) is 0 Å². The normalized spacial score (nSPS) is 25.9. The van der Waals surface area contributed by atoms with Crippen molar-refractivity contribution in [1.82, 2.24) is 9.78 Å². The van der Waals surface area contributed by atoms with E-state index in [1.54, 1.807) is 0 Å². The molecule has 0 radical (unpaired) electrons. The van der Waals surface area contributed by atoms with E-state index in [4.69, 9.17) is 0 Å². The Hall–Kier alpha value is -1.61. The molecule has 1 heterocycles. The first-order valence-electron chi connectivity index (χ1n) is 8.00. The highest BCUT2D eigenvalue weighted by molar-refractivity contribution is 5.25. The fourth-order valence-electron chi connectivity index (χ4n) is 3.62. The summed E-state index contributed by atoms with van der Waals surface area (Å²) >= 11 is 0. The molecule has 0 spiro atoms. The minimum absolute atomic E-state index is 0.234. The summed E-state index contributed by atoms with van der Waals surface area (Å²) in [5, 5.41) is 15.6. The van der Waals surface area contributed by atoms with E-state index in [0.29, 0.717) is 6.42 Å². The summed E-state index contributed by atoms with van der Waals surface area (Å²) in [5.74, 6) is 0.234. The van der Waals surface area contributed by atoms with E-state index < -0.39 is 5.60 Å². The Bertz CT molecular complexity index is 578. The van der Waals surface area contributed by atoms with Gasteiger partial charge in [-0.2, -0.15) is 5.10 Å². The number of benzene rings is 1. The average Bonchev–Trinajstić information content (AvgIpc) is 2.95. The lowest BCUT2D eigenvalue weighted by atomic mass is 9.69. The standard InChI is InChI=1S/C18H24N2O/c1-2-20-14-15(13-19-20)12-18(21)11-7-6-10-17(18)16-8-4-3-5-9-16/h3-5,8-9,13-14,17,21H,2,6-7,10-12H2,1H3. The van der Waals surface area contributed by atoms with Crippen LogP contribution in [0.25, 0.3) is 0 Å². The number of aliphatic hydroxyl groups is 1. The molecule has 2 atom stereocenters. The summed E-state index contributed by atoms with van der Waals surface area (Å²) in [7, 11) is 0. The van der Waals surface area contributed by atoms with Gasteiger partial charge in [-0.25, -0.2) is 0 Å². The molecule has 3 nitrogen and oxygen atoms in total. The van der Waals surface area contributed by atoms with Crippen LogP contribution in [0.15, 0.2) is 42.7 Å².